The van der Waals surface area contributed by atoms with Crippen molar-refractivity contribution >= 4 is 23.4 Å². The molecule has 1 unspecified atom stereocenters. The first-order chi connectivity index (χ1) is 9.61. The third kappa shape index (κ3) is 2.70. The SMILES string of the molecule is Nc1nc(N)c2c(n1)CCC(Cc1cccc(Cl)c1)C2. The molecule has 0 bridgehead atoms. The number of benzene rings is 1. The van der Waals surface area contributed by atoms with Crippen LogP contribution in [0, 0.1) is 5.92 Å². The van der Waals surface area contributed by atoms with Gasteiger partial charge in [-0.15, -0.1) is 0 Å². The van der Waals surface area contributed by atoms with Crippen LogP contribution in [0.15, 0.2) is 24.3 Å². The van der Waals surface area contributed by atoms with Gasteiger partial charge in [0.1, 0.15) is 5.82 Å². The zero-order chi connectivity index (χ0) is 14.1. The van der Waals surface area contributed by atoms with Gasteiger partial charge in [0.05, 0.1) is 5.69 Å². The van der Waals surface area contributed by atoms with Crippen LogP contribution < -0.4 is 11.5 Å². The zero-order valence-corrected chi connectivity index (χ0v) is 11.9. The van der Waals surface area contributed by atoms with Crippen molar-refractivity contribution < 1.29 is 0 Å². The fourth-order valence-corrected chi connectivity index (χ4v) is 3.11. The minimum absolute atomic E-state index is 0.273. The summed E-state index contributed by atoms with van der Waals surface area (Å²) in [5.41, 5.74) is 15.0. The third-order valence-corrected chi connectivity index (χ3v) is 4.07. The smallest absolute Gasteiger partial charge is 0.222 e. The molecule has 104 valence electrons. The molecular weight excluding hydrogens is 272 g/mol. The number of fused-ring (bicyclic) bond motifs is 1. The molecule has 4 nitrogen and oxygen atoms in total. The van der Waals surface area contributed by atoms with Crippen molar-refractivity contribution in [3.63, 3.8) is 0 Å². The van der Waals surface area contributed by atoms with Gasteiger partial charge in [-0.25, -0.2) is 4.98 Å². The molecule has 1 aliphatic carbocycles. The van der Waals surface area contributed by atoms with Gasteiger partial charge in [-0.05, 0) is 49.3 Å². The van der Waals surface area contributed by atoms with Crippen LogP contribution in [-0.2, 0) is 19.3 Å². The maximum atomic E-state index is 6.03. The molecule has 0 saturated heterocycles. The number of hydrogen-bond acceptors (Lipinski definition) is 4. The highest BCUT2D eigenvalue weighted by Gasteiger charge is 2.23. The summed E-state index contributed by atoms with van der Waals surface area (Å²) in [7, 11) is 0. The van der Waals surface area contributed by atoms with E-state index in [-0.39, 0.29) is 5.95 Å². The molecule has 0 radical (unpaired) electrons. The molecule has 1 aromatic heterocycles. The Morgan fingerprint density at radius 2 is 2.10 bits per heavy atom. The van der Waals surface area contributed by atoms with E-state index in [0.29, 0.717) is 11.7 Å². The standard InChI is InChI=1S/C15H17ClN4/c16-11-3-1-2-9(7-11)6-10-4-5-13-12(8-10)14(17)20-15(18)19-13/h1-3,7,10H,4-6,8H2,(H4,17,18,19,20). The van der Waals surface area contributed by atoms with Crippen molar-refractivity contribution in [1.29, 1.82) is 0 Å². The van der Waals surface area contributed by atoms with Crippen molar-refractivity contribution in [2.24, 2.45) is 5.92 Å². The number of nitrogens with two attached hydrogens (primary N) is 2. The van der Waals surface area contributed by atoms with Crippen molar-refractivity contribution in [3.8, 4) is 0 Å². The lowest BCUT2D eigenvalue weighted by molar-refractivity contribution is 0.450. The lowest BCUT2D eigenvalue weighted by atomic mass is 9.83. The maximum Gasteiger partial charge on any atom is 0.222 e. The molecule has 4 N–H and O–H groups in total. The van der Waals surface area contributed by atoms with E-state index < -0.39 is 0 Å². The fourth-order valence-electron chi connectivity index (χ4n) is 2.90. The second kappa shape index (κ2) is 5.29. The first kappa shape index (κ1) is 13.2. The molecule has 20 heavy (non-hydrogen) atoms. The molecule has 0 spiro atoms. The number of rotatable bonds is 2. The lowest BCUT2D eigenvalue weighted by Crippen LogP contribution is -2.20. The van der Waals surface area contributed by atoms with Gasteiger partial charge >= 0.3 is 0 Å². The van der Waals surface area contributed by atoms with Gasteiger partial charge in [0, 0.05) is 10.6 Å². The Morgan fingerprint density at radius 3 is 2.90 bits per heavy atom. The van der Waals surface area contributed by atoms with Crippen LogP contribution in [0.1, 0.15) is 23.2 Å². The predicted molar refractivity (Wildman–Crippen MR) is 81.5 cm³/mol. The first-order valence-electron chi connectivity index (χ1n) is 6.77. The summed E-state index contributed by atoms with van der Waals surface area (Å²) in [6.45, 7) is 0. The first-order valence-corrected chi connectivity index (χ1v) is 7.15. The van der Waals surface area contributed by atoms with Gasteiger partial charge in [-0.2, -0.15) is 4.98 Å². The average molecular weight is 289 g/mol. The topological polar surface area (TPSA) is 77.8 Å². The van der Waals surface area contributed by atoms with Crippen LogP contribution in [0.25, 0.3) is 0 Å². The van der Waals surface area contributed by atoms with Crippen LogP contribution in [-0.4, -0.2) is 9.97 Å². The molecule has 0 saturated carbocycles. The lowest BCUT2D eigenvalue weighted by Gasteiger charge is -2.24. The quantitative estimate of drug-likeness (QED) is 0.890. The summed E-state index contributed by atoms with van der Waals surface area (Å²) >= 11 is 6.03. The molecule has 1 aliphatic rings. The predicted octanol–water partition coefficient (Wildman–Crippen LogP) is 2.64. The maximum absolute atomic E-state index is 6.03. The Bertz CT molecular complexity index is 642. The fraction of sp³-hybridized carbons (Fsp3) is 0.333. The summed E-state index contributed by atoms with van der Waals surface area (Å²) in [4.78, 5) is 8.36. The van der Waals surface area contributed by atoms with E-state index in [0.717, 1.165) is 42.0 Å². The number of halogens is 1. The molecule has 2 aromatic rings. The summed E-state index contributed by atoms with van der Waals surface area (Å²) in [6, 6.07) is 8.03. The number of aryl methyl sites for hydroxylation is 1. The molecule has 1 aromatic carbocycles. The molecule has 1 heterocycles. The summed E-state index contributed by atoms with van der Waals surface area (Å²) < 4.78 is 0. The van der Waals surface area contributed by atoms with Crippen molar-refractivity contribution in [2.75, 3.05) is 11.5 Å². The minimum atomic E-state index is 0.273. The Hall–Kier alpha value is -1.81. The number of nitrogen functional groups attached to an aromatic ring is 2. The number of nitrogens with zero attached hydrogens (tertiary/aromatic N) is 2. The monoisotopic (exact) mass is 288 g/mol. The van der Waals surface area contributed by atoms with Crippen LogP contribution in [0.4, 0.5) is 11.8 Å². The Kier molecular flexibility index (Phi) is 3.49. The molecule has 0 amide bonds. The second-order valence-corrected chi connectivity index (χ2v) is 5.77. The van der Waals surface area contributed by atoms with Crippen molar-refractivity contribution in [3.05, 3.63) is 46.1 Å². The minimum Gasteiger partial charge on any atom is -0.383 e. The Morgan fingerprint density at radius 1 is 1.25 bits per heavy atom. The van der Waals surface area contributed by atoms with E-state index in [9.17, 15) is 0 Å². The van der Waals surface area contributed by atoms with E-state index in [1.807, 2.05) is 18.2 Å². The number of hydrogen-bond donors (Lipinski definition) is 2. The van der Waals surface area contributed by atoms with E-state index in [4.69, 9.17) is 23.1 Å². The third-order valence-electron chi connectivity index (χ3n) is 3.84. The molecule has 1 atom stereocenters. The molecular formula is C15H17ClN4. The van der Waals surface area contributed by atoms with E-state index >= 15 is 0 Å². The van der Waals surface area contributed by atoms with Crippen molar-refractivity contribution in [1.82, 2.24) is 9.97 Å². The molecule has 5 heteroatoms. The number of aromatic nitrogens is 2. The van der Waals surface area contributed by atoms with Crippen molar-refractivity contribution in [2.45, 2.75) is 25.7 Å². The number of anilines is 2. The van der Waals surface area contributed by atoms with Gasteiger partial charge in [0.15, 0.2) is 0 Å². The largest absolute Gasteiger partial charge is 0.383 e. The highest BCUT2D eigenvalue weighted by Crippen LogP contribution is 2.30. The van der Waals surface area contributed by atoms with E-state index in [1.165, 1.54) is 5.56 Å². The molecule has 0 fully saturated rings. The van der Waals surface area contributed by atoms with Gasteiger partial charge in [0.25, 0.3) is 0 Å². The summed E-state index contributed by atoms with van der Waals surface area (Å²) in [5, 5.41) is 0.786. The highest BCUT2D eigenvalue weighted by atomic mass is 35.5. The summed E-state index contributed by atoms with van der Waals surface area (Å²) in [6.07, 6.45) is 3.92. The van der Waals surface area contributed by atoms with Gasteiger partial charge in [-0.1, -0.05) is 23.7 Å². The van der Waals surface area contributed by atoms with Gasteiger partial charge in [0.2, 0.25) is 5.95 Å². The van der Waals surface area contributed by atoms with Crippen LogP contribution in [0.3, 0.4) is 0 Å². The highest BCUT2D eigenvalue weighted by molar-refractivity contribution is 6.30. The van der Waals surface area contributed by atoms with Crippen LogP contribution in [0.5, 0.6) is 0 Å². The van der Waals surface area contributed by atoms with Crippen LogP contribution in [0.2, 0.25) is 5.02 Å². The summed E-state index contributed by atoms with van der Waals surface area (Å²) in [5.74, 6) is 1.35. The zero-order valence-electron chi connectivity index (χ0n) is 11.1. The average Bonchev–Trinajstić information content (AvgIpc) is 2.39. The van der Waals surface area contributed by atoms with E-state index in [1.54, 1.807) is 0 Å². The van der Waals surface area contributed by atoms with Gasteiger partial charge < -0.3 is 11.5 Å². The molecule has 0 aliphatic heterocycles. The Balaban J connectivity index is 1.79. The van der Waals surface area contributed by atoms with Gasteiger partial charge in [-0.3, -0.25) is 0 Å². The normalized spacial score (nSPS) is 17.8. The molecule has 3 rings (SSSR count). The second-order valence-electron chi connectivity index (χ2n) is 5.34. The Labute approximate surface area is 123 Å². The van der Waals surface area contributed by atoms with E-state index in [2.05, 4.69) is 16.0 Å². The van der Waals surface area contributed by atoms with Crippen LogP contribution >= 0.6 is 11.6 Å².